The Morgan fingerprint density at radius 1 is 1.16 bits per heavy atom. The number of thiazole rings is 1. The Morgan fingerprint density at radius 3 is 2.69 bits per heavy atom. The summed E-state index contributed by atoms with van der Waals surface area (Å²) >= 11 is 4.66. The van der Waals surface area contributed by atoms with Gasteiger partial charge >= 0.3 is 0 Å². The summed E-state index contributed by atoms with van der Waals surface area (Å²) in [5.41, 5.74) is 2.35. The van der Waals surface area contributed by atoms with Crippen molar-refractivity contribution in [2.45, 2.75) is 30.7 Å². The molecule has 3 amide bonds. The van der Waals surface area contributed by atoms with Gasteiger partial charge in [-0.2, -0.15) is 0 Å². The highest BCUT2D eigenvalue weighted by Crippen LogP contribution is 2.55. The summed E-state index contributed by atoms with van der Waals surface area (Å²) < 4.78 is 0. The molecule has 2 saturated heterocycles. The van der Waals surface area contributed by atoms with Crippen LogP contribution in [0.5, 0.6) is 0 Å². The Morgan fingerprint density at radius 2 is 1.97 bits per heavy atom. The molecule has 1 aromatic carbocycles. The number of nitrogens with zero attached hydrogens (tertiary/aromatic N) is 2. The molecule has 0 radical (unpaired) electrons. The molecule has 2 fully saturated rings. The number of amides is 3. The van der Waals surface area contributed by atoms with Crippen molar-refractivity contribution in [3.05, 3.63) is 52.0 Å². The number of rotatable bonds is 5. The van der Waals surface area contributed by atoms with Crippen LogP contribution in [-0.2, 0) is 19.3 Å². The number of nitrogens with one attached hydrogen (secondary N) is 2. The minimum atomic E-state index is -0.513. The van der Waals surface area contributed by atoms with Crippen LogP contribution >= 0.6 is 34.4 Å². The standard InChI is InChI=1S/C22H20N4O3S3/c1-13(27)23-15-6-4-14(5-7-15)16-11-31-21(24-16)25-20(29)17-12-32-22(18-3-2-10-30-18)9-8-19(28)26(17)22/h2-7,10-11,17H,8-9,12H2,1H3,(H,23,27)(H,24,25,29)/t17-,22+/m0/s1. The Labute approximate surface area is 197 Å². The van der Waals surface area contributed by atoms with Crippen LogP contribution < -0.4 is 10.6 Å². The van der Waals surface area contributed by atoms with Crippen molar-refractivity contribution < 1.29 is 14.4 Å². The van der Waals surface area contributed by atoms with Crippen molar-refractivity contribution in [3.8, 4) is 11.3 Å². The average molecular weight is 485 g/mol. The predicted octanol–water partition coefficient (Wildman–Crippen LogP) is 4.36. The van der Waals surface area contributed by atoms with Crippen molar-refractivity contribution in [3.63, 3.8) is 0 Å². The molecule has 0 saturated carbocycles. The van der Waals surface area contributed by atoms with Gasteiger partial charge in [-0.15, -0.1) is 34.4 Å². The molecule has 0 aliphatic carbocycles. The fourth-order valence-electron chi connectivity index (χ4n) is 4.16. The van der Waals surface area contributed by atoms with Gasteiger partial charge in [0.1, 0.15) is 10.9 Å². The van der Waals surface area contributed by atoms with Gasteiger partial charge in [0.25, 0.3) is 0 Å². The van der Waals surface area contributed by atoms with E-state index in [1.807, 2.05) is 47.2 Å². The first-order valence-corrected chi connectivity index (χ1v) is 12.9. The van der Waals surface area contributed by atoms with E-state index in [-0.39, 0.29) is 17.7 Å². The number of hydrogen-bond donors (Lipinski definition) is 2. The third-order valence-electron chi connectivity index (χ3n) is 5.57. The third-order valence-corrected chi connectivity index (χ3v) is 9.06. The second kappa shape index (κ2) is 8.34. The first-order valence-electron chi connectivity index (χ1n) is 10.1. The molecule has 2 atom stereocenters. The highest BCUT2D eigenvalue weighted by molar-refractivity contribution is 8.00. The molecule has 4 heterocycles. The van der Waals surface area contributed by atoms with Crippen molar-refractivity contribution in [1.82, 2.24) is 9.88 Å². The van der Waals surface area contributed by atoms with Crippen molar-refractivity contribution in [2.24, 2.45) is 0 Å². The molecule has 7 nitrogen and oxygen atoms in total. The van der Waals surface area contributed by atoms with E-state index < -0.39 is 10.9 Å². The molecule has 5 rings (SSSR count). The second-order valence-electron chi connectivity index (χ2n) is 7.64. The lowest BCUT2D eigenvalue weighted by Crippen LogP contribution is -2.47. The lowest BCUT2D eigenvalue weighted by atomic mass is 10.1. The van der Waals surface area contributed by atoms with E-state index in [4.69, 9.17) is 0 Å². The van der Waals surface area contributed by atoms with Crippen LogP contribution in [0.15, 0.2) is 47.2 Å². The van der Waals surface area contributed by atoms with E-state index in [0.717, 1.165) is 22.6 Å². The molecule has 2 aliphatic rings. The van der Waals surface area contributed by atoms with Gasteiger partial charge in [0.05, 0.1) is 5.69 Å². The molecule has 32 heavy (non-hydrogen) atoms. The number of thioether (sulfide) groups is 1. The summed E-state index contributed by atoms with van der Waals surface area (Å²) in [6.07, 6.45) is 1.20. The van der Waals surface area contributed by atoms with Gasteiger partial charge in [-0.25, -0.2) is 4.98 Å². The summed E-state index contributed by atoms with van der Waals surface area (Å²) in [5, 5.41) is 10.0. The Balaban J connectivity index is 1.30. The Hall–Kier alpha value is -2.69. The molecular formula is C22H20N4O3S3. The summed E-state index contributed by atoms with van der Waals surface area (Å²) in [6.45, 7) is 1.46. The van der Waals surface area contributed by atoms with Crippen LogP contribution in [0.2, 0.25) is 0 Å². The Bertz CT molecular complexity index is 1180. The van der Waals surface area contributed by atoms with Crippen LogP contribution in [0, 0.1) is 0 Å². The lowest BCUT2D eigenvalue weighted by molar-refractivity contribution is -0.136. The van der Waals surface area contributed by atoms with E-state index in [2.05, 4.69) is 15.6 Å². The van der Waals surface area contributed by atoms with Crippen LogP contribution in [0.3, 0.4) is 0 Å². The third kappa shape index (κ3) is 3.72. The van der Waals surface area contributed by atoms with Gasteiger partial charge in [0.15, 0.2) is 5.13 Å². The summed E-state index contributed by atoms with van der Waals surface area (Å²) in [7, 11) is 0. The quantitative estimate of drug-likeness (QED) is 0.562. The molecule has 0 spiro atoms. The number of benzene rings is 1. The van der Waals surface area contributed by atoms with Crippen molar-refractivity contribution in [2.75, 3.05) is 16.4 Å². The van der Waals surface area contributed by atoms with Crippen LogP contribution in [0.25, 0.3) is 11.3 Å². The normalized spacial score (nSPS) is 22.1. The minimum Gasteiger partial charge on any atom is -0.326 e. The largest absolute Gasteiger partial charge is 0.326 e. The minimum absolute atomic E-state index is 0.0302. The number of carbonyl (C=O) groups is 3. The number of carbonyl (C=O) groups excluding carboxylic acids is 3. The molecule has 2 aliphatic heterocycles. The molecular weight excluding hydrogens is 464 g/mol. The maximum atomic E-state index is 13.1. The topological polar surface area (TPSA) is 91.4 Å². The van der Waals surface area contributed by atoms with E-state index >= 15 is 0 Å². The van der Waals surface area contributed by atoms with E-state index in [1.165, 1.54) is 18.3 Å². The lowest BCUT2D eigenvalue weighted by Gasteiger charge is -2.32. The molecule has 3 aromatic rings. The first-order chi connectivity index (χ1) is 15.5. The zero-order chi connectivity index (χ0) is 22.3. The molecule has 2 N–H and O–H groups in total. The fourth-order valence-corrected chi connectivity index (χ4v) is 7.61. The summed E-state index contributed by atoms with van der Waals surface area (Å²) in [4.78, 5) is 44.0. The fraction of sp³-hybridized carbons (Fsp3) is 0.273. The zero-order valence-electron chi connectivity index (χ0n) is 17.2. The van der Waals surface area contributed by atoms with E-state index in [9.17, 15) is 14.4 Å². The maximum absolute atomic E-state index is 13.1. The van der Waals surface area contributed by atoms with Crippen molar-refractivity contribution >= 4 is 63.0 Å². The second-order valence-corrected chi connectivity index (χ2v) is 10.7. The monoisotopic (exact) mass is 484 g/mol. The molecule has 164 valence electrons. The van der Waals surface area contributed by atoms with Gasteiger partial charge < -0.3 is 15.5 Å². The summed E-state index contributed by atoms with van der Waals surface area (Å²) in [6, 6.07) is 10.9. The highest BCUT2D eigenvalue weighted by atomic mass is 32.2. The number of thiophene rings is 1. The molecule has 0 unspecified atom stereocenters. The maximum Gasteiger partial charge on any atom is 0.249 e. The van der Waals surface area contributed by atoms with Gasteiger partial charge in [0.2, 0.25) is 17.7 Å². The number of fused-ring (bicyclic) bond motifs is 1. The van der Waals surface area contributed by atoms with Crippen LogP contribution in [0.1, 0.15) is 24.6 Å². The predicted molar refractivity (Wildman–Crippen MR) is 129 cm³/mol. The first kappa shape index (κ1) is 21.2. The van der Waals surface area contributed by atoms with Gasteiger partial charge in [-0.05, 0) is 30.0 Å². The van der Waals surface area contributed by atoms with E-state index in [1.54, 1.807) is 28.0 Å². The van der Waals surface area contributed by atoms with Crippen LogP contribution in [-0.4, -0.2) is 39.4 Å². The average Bonchev–Trinajstić information content (AvgIpc) is 3.54. The number of aromatic nitrogens is 1. The summed E-state index contributed by atoms with van der Waals surface area (Å²) in [5.74, 6) is 0.273. The highest BCUT2D eigenvalue weighted by Gasteiger charge is 2.57. The zero-order valence-corrected chi connectivity index (χ0v) is 19.6. The van der Waals surface area contributed by atoms with Crippen molar-refractivity contribution in [1.29, 1.82) is 0 Å². The number of hydrogen-bond acceptors (Lipinski definition) is 7. The molecule has 10 heteroatoms. The smallest absolute Gasteiger partial charge is 0.249 e. The van der Waals surface area contributed by atoms with Gasteiger partial charge in [-0.1, -0.05) is 18.2 Å². The molecule has 2 aromatic heterocycles. The molecule has 0 bridgehead atoms. The SMILES string of the molecule is CC(=O)Nc1ccc(-c2csc(NC(=O)[C@@H]3CS[C@@]4(c5cccs5)CCC(=O)N34)n2)cc1. The number of anilines is 2. The van der Waals surface area contributed by atoms with Gasteiger partial charge in [0, 0.05) is 40.6 Å². The van der Waals surface area contributed by atoms with Gasteiger partial charge in [-0.3, -0.25) is 14.4 Å². The van der Waals surface area contributed by atoms with E-state index in [0.29, 0.717) is 23.0 Å². The Kier molecular flexibility index (Phi) is 5.52. The van der Waals surface area contributed by atoms with Crippen LogP contribution in [0.4, 0.5) is 10.8 Å².